The van der Waals surface area contributed by atoms with Crippen molar-refractivity contribution in [3.63, 3.8) is 0 Å². The Morgan fingerprint density at radius 3 is 2.15 bits per heavy atom. The summed E-state index contributed by atoms with van der Waals surface area (Å²) < 4.78 is 44.2. The Morgan fingerprint density at radius 2 is 1.54 bits per heavy atom. The Hall–Kier alpha value is -3.65. The molecule has 1 aliphatic heterocycles. The maximum absolute atomic E-state index is 13.2. The van der Waals surface area contributed by atoms with Gasteiger partial charge in [0.05, 0.1) is 18.1 Å². The smallest absolute Gasteiger partial charge is 0.416 e. The number of ether oxygens (including phenoxy) is 1. The molecule has 1 saturated heterocycles. The van der Waals surface area contributed by atoms with Gasteiger partial charge in [0.15, 0.2) is 0 Å². The minimum atomic E-state index is -4.41. The number of carbonyl (C=O) groups excluding carboxylic acids is 2. The lowest BCUT2D eigenvalue weighted by atomic mass is 9.74. The monoisotopic (exact) mass is 566 g/mol. The molecule has 0 radical (unpaired) electrons. The minimum absolute atomic E-state index is 0.00790. The molecule has 4 rings (SSSR count). The van der Waals surface area contributed by atoms with E-state index < -0.39 is 17.2 Å². The minimum Gasteiger partial charge on any atom is -0.468 e. The van der Waals surface area contributed by atoms with Crippen molar-refractivity contribution in [2.75, 3.05) is 26.7 Å². The number of rotatable bonds is 10. The molecule has 0 bridgehead atoms. The number of piperidine rings is 1. The van der Waals surface area contributed by atoms with Crippen molar-refractivity contribution >= 4 is 11.9 Å². The average Bonchev–Trinajstić information content (AvgIpc) is 3.00. The molecule has 1 fully saturated rings. The van der Waals surface area contributed by atoms with Crippen molar-refractivity contribution in [1.29, 1.82) is 0 Å². The molecule has 0 spiro atoms. The number of esters is 1. The molecule has 8 heteroatoms. The third-order valence-electron chi connectivity index (χ3n) is 8.20. The number of carbonyl (C=O) groups is 2. The maximum atomic E-state index is 13.2. The quantitative estimate of drug-likeness (QED) is 0.272. The summed E-state index contributed by atoms with van der Waals surface area (Å²) in [6, 6.07) is 21.7. The first-order valence-corrected chi connectivity index (χ1v) is 14.1. The van der Waals surface area contributed by atoms with Crippen LogP contribution in [0.2, 0.25) is 0 Å². The molecule has 0 aromatic heterocycles. The van der Waals surface area contributed by atoms with Gasteiger partial charge in [-0.1, -0.05) is 67.6 Å². The SMILES string of the molecule is CCC(CCCN1CCC(NC(=O)c2ccccc2-c2ccc(C(F)(F)F)cc2)CC1)(C(=O)OC)c1ccccc1. The second-order valence-corrected chi connectivity index (χ2v) is 10.6. The van der Waals surface area contributed by atoms with Gasteiger partial charge in [-0.3, -0.25) is 9.59 Å². The molecule has 3 aromatic carbocycles. The number of methoxy groups -OCH3 is 1. The van der Waals surface area contributed by atoms with Crippen LogP contribution in [0, 0.1) is 0 Å². The van der Waals surface area contributed by atoms with E-state index in [-0.39, 0.29) is 17.9 Å². The Balaban J connectivity index is 1.32. The Kier molecular flexibility index (Phi) is 9.86. The number of alkyl halides is 3. The summed E-state index contributed by atoms with van der Waals surface area (Å²) in [5, 5.41) is 3.13. The highest BCUT2D eigenvalue weighted by Crippen LogP contribution is 2.35. The average molecular weight is 567 g/mol. The zero-order chi connectivity index (χ0) is 29.5. The summed E-state index contributed by atoms with van der Waals surface area (Å²) in [4.78, 5) is 28.4. The molecular weight excluding hydrogens is 529 g/mol. The molecule has 1 amide bonds. The zero-order valence-electron chi connectivity index (χ0n) is 23.5. The van der Waals surface area contributed by atoms with Crippen LogP contribution in [0.1, 0.15) is 60.5 Å². The van der Waals surface area contributed by atoms with E-state index in [2.05, 4.69) is 10.2 Å². The maximum Gasteiger partial charge on any atom is 0.416 e. The summed E-state index contributed by atoms with van der Waals surface area (Å²) in [6.45, 7) is 4.53. The van der Waals surface area contributed by atoms with Gasteiger partial charge >= 0.3 is 12.1 Å². The summed E-state index contributed by atoms with van der Waals surface area (Å²) in [5.74, 6) is -0.434. The van der Waals surface area contributed by atoms with Gasteiger partial charge in [0.25, 0.3) is 5.91 Å². The lowest BCUT2D eigenvalue weighted by Gasteiger charge is -2.34. The number of amides is 1. The molecule has 0 aliphatic carbocycles. The molecule has 1 N–H and O–H groups in total. The Labute approximate surface area is 239 Å². The molecular formula is C33H37F3N2O3. The number of hydrogen-bond donors (Lipinski definition) is 1. The van der Waals surface area contributed by atoms with Gasteiger partial charge in [-0.25, -0.2) is 0 Å². The van der Waals surface area contributed by atoms with Gasteiger partial charge in [-0.05, 0) is 73.5 Å². The van der Waals surface area contributed by atoms with Crippen LogP contribution in [0.25, 0.3) is 11.1 Å². The predicted molar refractivity (Wildman–Crippen MR) is 153 cm³/mol. The lowest BCUT2D eigenvalue weighted by molar-refractivity contribution is -0.148. The Bertz CT molecular complexity index is 1300. The van der Waals surface area contributed by atoms with E-state index in [9.17, 15) is 22.8 Å². The fourth-order valence-corrected chi connectivity index (χ4v) is 5.78. The molecule has 1 atom stereocenters. The molecule has 5 nitrogen and oxygen atoms in total. The van der Waals surface area contributed by atoms with Crippen LogP contribution in [0.3, 0.4) is 0 Å². The van der Waals surface area contributed by atoms with Crippen molar-refractivity contribution < 1.29 is 27.5 Å². The summed E-state index contributed by atoms with van der Waals surface area (Å²) in [6.07, 6.45) is -0.628. The second kappa shape index (κ2) is 13.3. The summed E-state index contributed by atoms with van der Waals surface area (Å²) in [7, 11) is 1.44. The summed E-state index contributed by atoms with van der Waals surface area (Å²) in [5.41, 5.74) is 1.19. The topological polar surface area (TPSA) is 58.6 Å². The Morgan fingerprint density at radius 1 is 0.902 bits per heavy atom. The van der Waals surface area contributed by atoms with E-state index in [1.54, 1.807) is 24.3 Å². The number of benzene rings is 3. The molecule has 1 heterocycles. The zero-order valence-corrected chi connectivity index (χ0v) is 23.5. The van der Waals surface area contributed by atoms with Crippen LogP contribution in [0.5, 0.6) is 0 Å². The van der Waals surface area contributed by atoms with Crippen LogP contribution < -0.4 is 5.32 Å². The fourth-order valence-electron chi connectivity index (χ4n) is 5.78. The first-order chi connectivity index (χ1) is 19.7. The van der Waals surface area contributed by atoms with Gasteiger partial charge < -0.3 is 15.0 Å². The first-order valence-electron chi connectivity index (χ1n) is 14.1. The van der Waals surface area contributed by atoms with Gasteiger partial charge in [0, 0.05) is 24.7 Å². The standard InChI is InChI=1S/C33H37F3N2O3/c1-3-32(31(40)41-2,25-10-5-4-6-11-25)20-9-21-38-22-18-27(19-23-38)37-30(39)29-13-8-7-12-28(29)24-14-16-26(17-15-24)33(34,35)36/h4-8,10-17,27H,3,9,18-23H2,1-2H3,(H,37,39). The van der Waals surface area contributed by atoms with Crippen molar-refractivity contribution in [3.8, 4) is 11.1 Å². The number of hydrogen-bond acceptors (Lipinski definition) is 4. The molecule has 1 aliphatic rings. The van der Waals surface area contributed by atoms with Crippen LogP contribution >= 0.6 is 0 Å². The van der Waals surface area contributed by atoms with Gasteiger partial charge in [0.2, 0.25) is 0 Å². The van der Waals surface area contributed by atoms with Crippen LogP contribution in [0.4, 0.5) is 13.2 Å². The number of nitrogens with one attached hydrogen (secondary N) is 1. The predicted octanol–water partition coefficient (Wildman–Crippen LogP) is 6.87. The lowest BCUT2D eigenvalue weighted by Crippen LogP contribution is -2.45. The molecule has 218 valence electrons. The van der Waals surface area contributed by atoms with E-state index in [4.69, 9.17) is 4.74 Å². The van der Waals surface area contributed by atoms with Crippen molar-refractivity contribution in [2.45, 2.75) is 56.7 Å². The van der Waals surface area contributed by atoms with Crippen LogP contribution in [-0.2, 0) is 21.1 Å². The van der Waals surface area contributed by atoms with E-state index in [0.29, 0.717) is 29.5 Å². The van der Waals surface area contributed by atoms with Crippen LogP contribution in [-0.4, -0.2) is 49.6 Å². The van der Waals surface area contributed by atoms with Crippen LogP contribution in [0.15, 0.2) is 78.9 Å². The largest absolute Gasteiger partial charge is 0.468 e. The highest BCUT2D eigenvalue weighted by Gasteiger charge is 2.39. The molecule has 3 aromatic rings. The third-order valence-corrected chi connectivity index (χ3v) is 8.20. The number of likely N-dealkylation sites (tertiary alicyclic amines) is 1. The van der Waals surface area contributed by atoms with Gasteiger partial charge in [-0.15, -0.1) is 0 Å². The fraction of sp³-hybridized carbons (Fsp3) is 0.394. The third kappa shape index (κ3) is 7.17. The first kappa shape index (κ1) is 30.3. The molecule has 1 unspecified atom stereocenters. The van der Waals surface area contributed by atoms with Gasteiger partial charge in [-0.2, -0.15) is 13.2 Å². The van der Waals surface area contributed by atoms with Crippen molar-refractivity contribution in [1.82, 2.24) is 10.2 Å². The van der Waals surface area contributed by atoms with E-state index in [1.807, 2.05) is 37.3 Å². The molecule has 41 heavy (non-hydrogen) atoms. The van der Waals surface area contributed by atoms with Gasteiger partial charge in [0.1, 0.15) is 0 Å². The highest BCUT2D eigenvalue weighted by molar-refractivity contribution is 6.01. The number of nitrogens with zero attached hydrogens (tertiary/aromatic N) is 1. The second-order valence-electron chi connectivity index (χ2n) is 10.6. The van der Waals surface area contributed by atoms with E-state index in [1.165, 1.54) is 19.2 Å². The van der Waals surface area contributed by atoms with E-state index >= 15 is 0 Å². The number of halogens is 3. The highest BCUT2D eigenvalue weighted by atomic mass is 19.4. The van der Waals surface area contributed by atoms with Crippen molar-refractivity contribution in [2.24, 2.45) is 0 Å². The van der Waals surface area contributed by atoms with Crippen molar-refractivity contribution in [3.05, 3.63) is 95.6 Å². The van der Waals surface area contributed by atoms with E-state index in [0.717, 1.165) is 56.6 Å². The summed E-state index contributed by atoms with van der Waals surface area (Å²) >= 11 is 0. The normalized spacial score (nSPS) is 16.1. The molecule has 0 saturated carbocycles.